The molecule has 116 valence electrons. The Morgan fingerprint density at radius 2 is 1.95 bits per heavy atom. The lowest BCUT2D eigenvalue weighted by molar-refractivity contribution is -0.117. The van der Waals surface area contributed by atoms with E-state index in [4.69, 9.17) is 5.73 Å². The predicted molar refractivity (Wildman–Crippen MR) is 87.4 cm³/mol. The maximum absolute atomic E-state index is 12.2. The Hall–Kier alpha value is -1.39. The van der Waals surface area contributed by atoms with Gasteiger partial charge in [-0.3, -0.25) is 9.69 Å². The highest BCUT2D eigenvalue weighted by Gasteiger charge is 2.23. The van der Waals surface area contributed by atoms with Gasteiger partial charge in [0.15, 0.2) is 0 Å². The highest BCUT2D eigenvalue weighted by Crippen LogP contribution is 2.21. The molecule has 2 rings (SSSR count). The molecule has 0 saturated heterocycles. The molecular weight excluding hydrogens is 262 g/mol. The number of likely N-dealkylation sites (N-methyl/N-ethyl adjacent to an activating group) is 1. The molecule has 0 aliphatic heterocycles. The number of carbonyl (C=O) groups excluding carboxylic acids is 1. The van der Waals surface area contributed by atoms with Gasteiger partial charge < -0.3 is 11.1 Å². The van der Waals surface area contributed by atoms with E-state index < -0.39 is 0 Å². The highest BCUT2D eigenvalue weighted by atomic mass is 16.2. The number of anilines is 1. The lowest BCUT2D eigenvalue weighted by atomic mass is 9.91. The minimum atomic E-state index is 0.0549. The van der Waals surface area contributed by atoms with Crippen molar-refractivity contribution in [3.05, 3.63) is 29.3 Å². The van der Waals surface area contributed by atoms with Gasteiger partial charge in [0.05, 0.1) is 6.54 Å². The first-order chi connectivity index (χ1) is 9.95. The molecule has 0 atom stereocenters. The Balaban J connectivity index is 1.86. The summed E-state index contributed by atoms with van der Waals surface area (Å²) < 4.78 is 0. The van der Waals surface area contributed by atoms with Crippen molar-refractivity contribution < 1.29 is 4.79 Å². The summed E-state index contributed by atoms with van der Waals surface area (Å²) in [5.74, 6) is 0.0549. The van der Waals surface area contributed by atoms with E-state index in [1.165, 1.54) is 5.56 Å². The van der Waals surface area contributed by atoms with Crippen LogP contribution in [-0.4, -0.2) is 36.5 Å². The molecule has 4 nitrogen and oxygen atoms in total. The summed E-state index contributed by atoms with van der Waals surface area (Å²) in [6.07, 6.45) is 4.31. The Bertz CT molecular complexity index is 493. The van der Waals surface area contributed by atoms with E-state index >= 15 is 0 Å². The molecule has 0 spiro atoms. The zero-order valence-electron chi connectivity index (χ0n) is 13.4. The minimum absolute atomic E-state index is 0.0549. The van der Waals surface area contributed by atoms with E-state index in [-0.39, 0.29) is 5.91 Å². The van der Waals surface area contributed by atoms with E-state index in [2.05, 4.69) is 23.2 Å². The second-order valence-corrected chi connectivity index (χ2v) is 6.35. The molecule has 3 N–H and O–H groups in total. The zero-order chi connectivity index (χ0) is 15.4. The first-order valence-electron chi connectivity index (χ1n) is 7.78. The summed E-state index contributed by atoms with van der Waals surface area (Å²) in [4.78, 5) is 14.3. The van der Waals surface area contributed by atoms with E-state index in [1.807, 2.05) is 26.1 Å². The zero-order valence-corrected chi connectivity index (χ0v) is 13.4. The third-order valence-electron chi connectivity index (χ3n) is 4.41. The van der Waals surface area contributed by atoms with E-state index in [1.54, 1.807) is 0 Å². The molecule has 0 radical (unpaired) electrons. The van der Waals surface area contributed by atoms with Crippen LogP contribution in [0.25, 0.3) is 0 Å². The van der Waals surface area contributed by atoms with Crippen LogP contribution in [-0.2, 0) is 4.79 Å². The number of benzene rings is 1. The number of carbonyl (C=O) groups is 1. The number of amides is 1. The molecular formula is C17H27N3O. The third kappa shape index (κ3) is 4.55. The van der Waals surface area contributed by atoms with Crippen molar-refractivity contribution >= 4 is 11.6 Å². The molecule has 1 aliphatic rings. The fourth-order valence-electron chi connectivity index (χ4n) is 3.04. The SMILES string of the molecule is Cc1ccc(NC(=O)CN(C)C2CCC(N)CC2)c(C)c1. The number of aryl methyl sites for hydroxylation is 2. The molecule has 1 fully saturated rings. The molecule has 0 bridgehead atoms. The van der Waals surface area contributed by atoms with Gasteiger partial charge in [-0.15, -0.1) is 0 Å². The minimum Gasteiger partial charge on any atom is -0.328 e. The van der Waals surface area contributed by atoms with Crippen LogP contribution in [0.2, 0.25) is 0 Å². The van der Waals surface area contributed by atoms with Crippen LogP contribution in [0.15, 0.2) is 18.2 Å². The van der Waals surface area contributed by atoms with Gasteiger partial charge in [0, 0.05) is 17.8 Å². The van der Waals surface area contributed by atoms with Crippen LogP contribution >= 0.6 is 0 Å². The van der Waals surface area contributed by atoms with Gasteiger partial charge >= 0.3 is 0 Å². The standard InChI is InChI=1S/C17H27N3O/c1-12-4-9-16(13(2)10-12)19-17(21)11-20(3)15-7-5-14(18)6-8-15/h4,9-10,14-15H,5-8,11,18H2,1-3H3,(H,19,21). The summed E-state index contributed by atoms with van der Waals surface area (Å²) >= 11 is 0. The van der Waals surface area contributed by atoms with Crippen LogP contribution in [0, 0.1) is 13.8 Å². The summed E-state index contributed by atoms with van der Waals surface area (Å²) in [6, 6.07) is 6.91. The second-order valence-electron chi connectivity index (χ2n) is 6.35. The molecule has 4 heteroatoms. The molecule has 0 heterocycles. The van der Waals surface area contributed by atoms with Crippen LogP contribution in [0.1, 0.15) is 36.8 Å². The van der Waals surface area contributed by atoms with Gasteiger partial charge in [0.25, 0.3) is 0 Å². The summed E-state index contributed by atoms with van der Waals surface area (Å²) in [6.45, 7) is 4.52. The maximum Gasteiger partial charge on any atom is 0.238 e. The first kappa shape index (κ1) is 16.0. The summed E-state index contributed by atoms with van der Waals surface area (Å²) in [5, 5.41) is 3.01. The largest absolute Gasteiger partial charge is 0.328 e. The monoisotopic (exact) mass is 289 g/mol. The fraction of sp³-hybridized carbons (Fsp3) is 0.588. The normalized spacial score (nSPS) is 22.3. The highest BCUT2D eigenvalue weighted by molar-refractivity contribution is 5.93. The number of nitrogens with zero attached hydrogens (tertiary/aromatic N) is 1. The average Bonchev–Trinajstić information content (AvgIpc) is 2.42. The second kappa shape index (κ2) is 7.05. The van der Waals surface area contributed by atoms with E-state index in [9.17, 15) is 4.79 Å². The molecule has 1 aromatic rings. The number of rotatable bonds is 4. The van der Waals surface area contributed by atoms with E-state index in [0.29, 0.717) is 18.6 Å². The van der Waals surface area contributed by atoms with Crippen LogP contribution < -0.4 is 11.1 Å². The molecule has 0 unspecified atom stereocenters. The van der Waals surface area contributed by atoms with Crippen molar-refractivity contribution in [1.29, 1.82) is 0 Å². The lowest BCUT2D eigenvalue weighted by Gasteiger charge is -2.33. The van der Waals surface area contributed by atoms with Gasteiger partial charge in [-0.2, -0.15) is 0 Å². The molecule has 0 aromatic heterocycles. The summed E-state index contributed by atoms with van der Waals surface area (Å²) in [5.41, 5.74) is 9.15. The van der Waals surface area contributed by atoms with Crippen LogP contribution in [0.3, 0.4) is 0 Å². The first-order valence-corrected chi connectivity index (χ1v) is 7.78. The van der Waals surface area contributed by atoms with Crippen molar-refractivity contribution in [2.45, 2.75) is 51.6 Å². The van der Waals surface area contributed by atoms with Gasteiger partial charge in [-0.25, -0.2) is 0 Å². The van der Waals surface area contributed by atoms with Crippen molar-refractivity contribution in [1.82, 2.24) is 4.90 Å². The lowest BCUT2D eigenvalue weighted by Crippen LogP contribution is -2.42. The Labute approximate surface area is 127 Å². The number of nitrogens with two attached hydrogens (primary N) is 1. The number of hydrogen-bond acceptors (Lipinski definition) is 3. The Morgan fingerprint density at radius 3 is 2.57 bits per heavy atom. The van der Waals surface area contributed by atoms with Gasteiger partial charge in [-0.1, -0.05) is 17.7 Å². The smallest absolute Gasteiger partial charge is 0.238 e. The Morgan fingerprint density at radius 1 is 1.29 bits per heavy atom. The molecule has 21 heavy (non-hydrogen) atoms. The predicted octanol–water partition coefficient (Wildman–Crippen LogP) is 2.44. The van der Waals surface area contributed by atoms with Crippen molar-refractivity contribution in [3.8, 4) is 0 Å². The third-order valence-corrected chi connectivity index (χ3v) is 4.41. The topological polar surface area (TPSA) is 58.4 Å². The fourth-order valence-corrected chi connectivity index (χ4v) is 3.04. The van der Waals surface area contributed by atoms with E-state index in [0.717, 1.165) is 36.9 Å². The van der Waals surface area contributed by atoms with Crippen molar-refractivity contribution in [2.24, 2.45) is 5.73 Å². The van der Waals surface area contributed by atoms with Gasteiger partial charge in [0.2, 0.25) is 5.91 Å². The maximum atomic E-state index is 12.2. The van der Waals surface area contributed by atoms with Crippen molar-refractivity contribution in [3.63, 3.8) is 0 Å². The summed E-state index contributed by atoms with van der Waals surface area (Å²) in [7, 11) is 2.03. The Kier molecular flexibility index (Phi) is 5.37. The number of hydrogen-bond donors (Lipinski definition) is 2. The van der Waals surface area contributed by atoms with Crippen LogP contribution in [0.4, 0.5) is 5.69 Å². The van der Waals surface area contributed by atoms with Gasteiger partial charge in [-0.05, 0) is 58.2 Å². The molecule has 1 saturated carbocycles. The quantitative estimate of drug-likeness (QED) is 0.895. The molecule has 1 aromatic carbocycles. The molecule has 1 aliphatic carbocycles. The number of nitrogens with one attached hydrogen (secondary N) is 1. The van der Waals surface area contributed by atoms with Gasteiger partial charge in [0.1, 0.15) is 0 Å². The molecule has 1 amide bonds. The van der Waals surface area contributed by atoms with Crippen molar-refractivity contribution in [2.75, 3.05) is 18.9 Å². The average molecular weight is 289 g/mol. The van der Waals surface area contributed by atoms with Crippen LogP contribution in [0.5, 0.6) is 0 Å².